The molecule has 1 aliphatic heterocycles. The SMILES string of the molecule is Cc1c(CNC(=O)c2ccc(Br)cc2)c(C)[n+]2c(c1CNC(=O)c1ccc(Br)cc1)CCC2. The summed E-state index contributed by atoms with van der Waals surface area (Å²) in [5, 5.41) is 6.16. The highest BCUT2D eigenvalue weighted by Crippen LogP contribution is 2.23. The Morgan fingerprint density at radius 3 is 1.82 bits per heavy atom. The number of pyridine rings is 1. The van der Waals surface area contributed by atoms with Gasteiger partial charge in [0.15, 0.2) is 11.4 Å². The van der Waals surface area contributed by atoms with E-state index in [0.29, 0.717) is 24.2 Å². The van der Waals surface area contributed by atoms with Gasteiger partial charge >= 0.3 is 0 Å². The Hall–Kier alpha value is -2.51. The highest BCUT2D eigenvalue weighted by molar-refractivity contribution is 9.10. The molecular formula is C26H26Br2N3O2+. The Morgan fingerprint density at radius 1 is 0.818 bits per heavy atom. The van der Waals surface area contributed by atoms with E-state index in [2.05, 4.69) is 60.9 Å². The lowest BCUT2D eigenvalue weighted by atomic mass is 9.98. The fraction of sp³-hybridized carbons (Fsp3) is 0.269. The third kappa shape index (κ3) is 5.20. The summed E-state index contributed by atoms with van der Waals surface area (Å²) >= 11 is 6.81. The molecule has 2 heterocycles. The summed E-state index contributed by atoms with van der Waals surface area (Å²) in [5.74, 6) is -0.193. The maximum absolute atomic E-state index is 12.7. The van der Waals surface area contributed by atoms with Crippen molar-refractivity contribution in [2.75, 3.05) is 0 Å². The quantitative estimate of drug-likeness (QED) is 0.412. The van der Waals surface area contributed by atoms with Crippen molar-refractivity contribution in [1.29, 1.82) is 0 Å². The molecule has 2 amide bonds. The van der Waals surface area contributed by atoms with Gasteiger partial charge in [-0.25, -0.2) is 0 Å². The van der Waals surface area contributed by atoms with E-state index in [0.717, 1.165) is 45.0 Å². The van der Waals surface area contributed by atoms with Crippen molar-refractivity contribution in [2.45, 2.75) is 46.3 Å². The number of carbonyl (C=O) groups excluding carboxylic acids is 2. The van der Waals surface area contributed by atoms with Crippen LogP contribution in [0.5, 0.6) is 0 Å². The zero-order chi connectivity index (χ0) is 23.5. The summed E-state index contributed by atoms with van der Waals surface area (Å²) in [6.45, 7) is 6.08. The molecular weight excluding hydrogens is 546 g/mol. The molecule has 2 aromatic carbocycles. The third-order valence-corrected chi connectivity index (χ3v) is 7.34. The second-order valence-corrected chi connectivity index (χ2v) is 10.1. The molecule has 0 saturated heterocycles. The minimum atomic E-state index is -0.100. The lowest BCUT2D eigenvalue weighted by Crippen LogP contribution is -2.41. The molecule has 1 aromatic heterocycles. The molecule has 0 bridgehead atoms. The molecule has 33 heavy (non-hydrogen) atoms. The Morgan fingerprint density at radius 2 is 1.30 bits per heavy atom. The number of hydrogen-bond acceptors (Lipinski definition) is 2. The first-order chi connectivity index (χ1) is 15.8. The standard InChI is InChI=1S/C26H25Br2N3O2/c1-16-22(14-29-25(32)18-5-9-20(27)10-6-18)17(2)31-13-3-4-24(31)23(16)15-30-26(33)19-7-11-21(28)12-8-19/h5-12H,3-4,13-15H2,1-2H3,(H-,29,30,32,33)/p+1. The van der Waals surface area contributed by atoms with Crippen molar-refractivity contribution in [3.8, 4) is 0 Å². The van der Waals surface area contributed by atoms with Gasteiger partial charge in [0.2, 0.25) is 0 Å². The molecule has 0 unspecified atom stereocenters. The van der Waals surface area contributed by atoms with E-state index in [1.807, 2.05) is 36.4 Å². The molecule has 4 rings (SSSR count). The second kappa shape index (κ2) is 10.2. The monoisotopic (exact) mass is 570 g/mol. The number of hydrogen-bond donors (Lipinski definition) is 2. The Kier molecular flexibility index (Phi) is 7.29. The van der Waals surface area contributed by atoms with Crippen LogP contribution in [0.15, 0.2) is 57.5 Å². The van der Waals surface area contributed by atoms with E-state index >= 15 is 0 Å². The summed E-state index contributed by atoms with van der Waals surface area (Å²) < 4.78 is 4.22. The molecule has 7 heteroatoms. The minimum Gasteiger partial charge on any atom is -0.348 e. The van der Waals surface area contributed by atoms with E-state index < -0.39 is 0 Å². The van der Waals surface area contributed by atoms with Crippen LogP contribution < -0.4 is 15.2 Å². The highest BCUT2D eigenvalue weighted by atomic mass is 79.9. The Bertz CT molecular complexity index is 1210. The van der Waals surface area contributed by atoms with Gasteiger partial charge in [0, 0.05) is 64.1 Å². The topological polar surface area (TPSA) is 62.1 Å². The first-order valence-corrected chi connectivity index (χ1v) is 12.5. The summed E-state index contributed by atoms with van der Waals surface area (Å²) in [7, 11) is 0. The van der Waals surface area contributed by atoms with Gasteiger partial charge in [-0.2, -0.15) is 4.57 Å². The molecule has 170 valence electrons. The average molecular weight is 572 g/mol. The summed E-state index contributed by atoms with van der Waals surface area (Å²) in [6.07, 6.45) is 2.08. The predicted octanol–water partition coefficient (Wildman–Crippen LogP) is 4.92. The van der Waals surface area contributed by atoms with Crippen LogP contribution in [-0.4, -0.2) is 11.8 Å². The van der Waals surface area contributed by atoms with Gasteiger partial charge in [-0.15, -0.1) is 0 Å². The van der Waals surface area contributed by atoms with Crippen LogP contribution in [0.3, 0.4) is 0 Å². The van der Waals surface area contributed by atoms with Crippen molar-refractivity contribution in [1.82, 2.24) is 10.6 Å². The van der Waals surface area contributed by atoms with Crippen LogP contribution in [0.2, 0.25) is 0 Å². The zero-order valence-electron chi connectivity index (χ0n) is 18.7. The lowest BCUT2D eigenvalue weighted by molar-refractivity contribution is -0.697. The molecule has 0 saturated carbocycles. The molecule has 0 atom stereocenters. The van der Waals surface area contributed by atoms with Gasteiger partial charge in [-0.1, -0.05) is 31.9 Å². The number of amides is 2. The molecule has 0 spiro atoms. The van der Waals surface area contributed by atoms with E-state index in [1.54, 1.807) is 12.1 Å². The van der Waals surface area contributed by atoms with E-state index in [-0.39, 0.29) is 11.8 Å². The van der Waals surface area contributed by atoms with Crippen LogP contribution in [0, 0.1) is 13.8 Å². The summed E-state index contributed by atoms with van der Waals surface area (Å²) in [4.78, 5) is 25.4. The van der Waals surface area contributed by atoms with Crippen LogP contribution in [0.1, 0.15) is 55.2 Å². The smallest absolute Gasteiger partial charge is 0.251 e. The van der Waals surface area contributed by atoms with E-state index in [4.69, 9.17) is 0 Å². The predicted molar refractivity (Wildman–Crippen MR) is 135 cm³/mol. The fourth-order valence-corrected chi connectivity index (χ4v) is 4.96. The van der Waals surface area contributed by atoms with Crippen LogP contribution >= 0.6 is 31.9 Å². The Balaban J connectivity index is 1.55. The summed E-state index contributed by atoms with van der Waals surface area (Å²) in [6, 6.07) is 14.7. The van der Waals surface area contributed by atoms with Gasteiger partial charge in [-0.05, 0) is 61.0 Å². The maximum Gasteiger partial charge on any atom is 0.251 e. The third-order valence-electron chi connectivity index (χ3n) is 6.28. The van der Waals surface area contributed by atoms with Gasteiger partial charge in [0.25, 0.3) is 11.8 Å². The largest absolute Gasteiger partial charge is 0.348 e. The number of benzene rings is 2. The van der Waals surface area contributed by atoms with Gasteiger partial charge in [0.1, 0.15) is 6.54 Å². The molecule has 0 radical (unpaired) electrons. The molecule has 5 nitrogen and oxygen atoms in total. The number of nitrogens with one attached hydrogen (secondary N) is 2. The van der Waals surface area contributed by atoms with Crippen LogP contribution in [-0.2, 0) is 26.1 Å². The maximum atomic E-state index is 12.7. The molecule has 2 N–H and O–H groups in total. The Labute approximate surface area is 210 Å². The van der Waals surface area contributed by atoms with Gasteiger partial charge in [0.05, 0.1) is 0 Å². The first-order valence-electron chi connectivity index (χ1n) is 11.0. The first kappa shape index (κ1) is 23.6. The zero-order valence-corrected chi connectivity index (χ0v) is 21.8. The molecule has 0 fully saturated rings. The average Bonchev–Trinajstić information content (AvgIpc) is 3.29. The minimum absolute atomic E-state index is 0.0932. The van der Waals surface area contributed by atoms with Gasteiger partial charge < -0.3 is 10.6 Å². The molecule has 1 aliphatic rings. The number of fused-ring (bicyclic) bond motifs is 1. The van der Waals surface area contributed by atoms with Crippen LogP contribution in [0.4, 0.5) is 0 Å². The van der Waals surface area contributed by atoms with Crippen molar-refractivity contribution in [2.24, 2.45) is 0 Å². The number of carbonyl (C=O) groups is 2. The highest BCUT2D eigenvalue weighted by Gasteiger charge is 2.30. The number of nitrogens with zero attached hydrogens (tertiary/aromatic N) is 1. The van der Waals surface area contributed by atoms with Gasteiger partial charge in [-0.3, -0.25) is 9.59 Å². The normalized spacial score (nSPS) is 12.4. The molecule has 0 aliphatic carbocycles. The number of aromatic nitrogens is 1. The summed E-state index contributed by atoms with van der Waals surface area (Å²) in [5.41, 5.74) is 7.12. The lowest BCUT2D eigenvalue weighted by Gasteiger charge is -2.16. The number of rotatable bonds is 6. The van der Waals surface area contributed by atoms with Crippen molar-refractivity contribution in [3.63, 3.8) is 0 Å². The van der Waals surface area contributed by atoms with Crippen LogP contribution in [0.25, 0.3) is 0 Å². The van der Waals surface area contributed by atoms with Crippen molar-refractivity contribution in [3.05, 3.63) is 96.7 Å². The van der Waals surface area contributed by atoms with E-state index in [9.17, 15) is 9.59 Å². The van der Waals surface area contributed by atoms with Crippen molar-refractivity contribution >= 4 is 43.7 Å². The fourth-order valence-electron chi connectivity index (χ4n) is 4.43. The van der Waals surface area contributed by atoms with E-state index in [1.165, 1.54) is 11.4 Å². The second-order valence-electron chi connectivity index (χ2n) is 8.25. The number of halogens is 2. The van der Waals surface area contributed by atoms with Crippen molar-refractivity contribution < 1.29 is 14.2 Å². The molecule has 3 aromatic rings.